The summed E-state index contributed by atoms with van der Waals surface area (Å²) >= 11 is 0. The molecule has 0 aromatic heterocycles. The van der Waals surface area contributed by atoms with Gasteiger partial charge in [0.05, 0.1) is 11.5 Å². The van der Waals surface area contributed by atoms with E-state index in [1.807, 2.05) is 0 Å². The van der Waals surface area contributed by atoms with Crippen molar-refractivity contribution >= 4 is 34.0 Å². The van der Waals surface area contributed by atoms with Gasteiger partial charge in [-0.2, -0.15) is 0 Å². The maximum atomic E-state index is 2.50. The van der Waals surface area contributed by atoms with E-state index in [1.165, 1.54) is 67.0 Å². The van der Waals surface area contributed by atoms with Crippen molar-refractivity contribution < 1.29 is 0 Å². The molecule has 1 heterocycles. The second kappa shape index (κ2) is 15.5. The Labute approximate surface area is 371 Å². The zero-order valence-electron chi connectivity index (χ0n) is 35.3. The molecule has 0 N–H and O–H groups in total. The third-order valence-corrected chi connectivity index (χ3v) is 14.1. The molecule has 5 aliphatic rings. The van der Waals surface area contributed by atoms with Gasteiger partial charge in [0.25, 0.3) is 0 Å². The molecule has 2 nitrogen and oxygen atoms in total. The maximum Gasteiger partial charge on any atom is 0.0629 e. The van der Waals surface area contributed by atoms with Gasteiger partial charge in [0.1, 0.15) is 0 Å². The van der Waals surface area contributed by atoms with Gasteiger partial charge in [-0.15, -0.1) is 0 Å². The summed E-state index contributed by atoms with van der Waals surface area (Å²) in [7, 11) is 0. The van der Waals surface area contributed by atoms with Crippen molar-refractivity contribution in [3.8, 4) is 22.3 Å². The van der Waals surface area contributed by atoms with Crippen molar-refractivity contribution in [1.82, 2.24) is 0 Å². The number of rotatable bonds is 8. The molecule has 2 heteroatoms. The van der Waals surface area contributed by atoms with Gasteiger partial charge in [0, 0.05) is 34.4 Å². The number of allylic oxidation sites excluding steroid dienone is 10. The predicted molar refractivity (Wildman–Crippen MR) is 264 cm³/mol. The Morgan fingerprint density at radius 1 is 0.508 bits per heavy atom. The highest BCUT2D eigenvalue weighted by Gasteiger charge is 2.49. The van der Waals surface area contributed by atoms with Crippen molar-refractivity contribution in [2.45, 2.75) is 36.6 Å². The average molecular weight is 809 g/mol. The van der Waals surface area contributed by atoms with Crippen molar-refractivity contribution in [3.05, 3.63) is 265 Å². The van der Waals surface area contributed by atoms with Gasteiger partial charge in [-0.25, -0.2) is 0 Å². The Morgan fingerprint density at radius 2 is 1.17 bits per heavy atom. The number of hydrogen-bond acceptors (Lipinski definition) is 2. The highest BCUT2D eigenvalue weighted by atomic mass is 15.2. The number of para-hydroxylation sites is 1. The topological polar surface area (TPSA) is 6.48 Å². The lowest BCUT2D eigenvalue weighted by molar-refractivity contribution is 0.457. The lowest BCUT2D eigenvalue weighted by Gasteiger charge is -2.40. The summed E-state index contributed by atoms with van der Waals surface area (Å²) in [5, 5.41) is 0. The average Bonchev–Trinajstić information content (AvgIpc) is 3.86. The molecule has 4 atom stereocenters. The van der Waals surface area contributed by atoms with Crippen LogP contribution in [0.1, 0.15) is 53.0 Å². The summed E-state index contributed by atoms with van der Waals surface area (Å²) in [5.74, 6) is 0.631. The van der Waals surface area contributed by atoms with Crippen molar-refractivity contribution in [1.29, 1.82) is 0 Å². The summed E-state index contributed by atoms with van der Waals surface area (Å²) in [6.45, 7) is 0. The van der Waals surface area contributed by atoms with E-state index in [9.17, 15) is 0 Å². The first-order valence-corrected chi connectivity index (χ1v) is 22.6. The minimum atomic E-state index is -0.349. The highest BCUT2D eigenvalue weighted by molar-refractivity contribution is 5.89. The lowest BCUT2D eigenvalue weighted by Crippen LogP contribution is -2.35. The molecule has 7 aromatic rings. The molecule has 12 rings (SSSR count). The molecule has 0 fully saturated rings. The number of benzene rings is 7. The van der Waals surface area contributed by atoms with Crippen LogP contribution < -0.4 is 9.80 Å². The van der Waals surface area contributed by atoms with Crippen molar-refractivity contribution in [3.63, 3.8) is 0 Å². The normalized spacial score (nSPS) is 21.1. The fraction of sp³-hybridized carbons (Fsp3) is 0.115. The van der Waals surface area contributed by atoms with Gasteiger partial charge in [-0.3, -0.25) is 0 Å². The zero-order valence-corrected chi connectivity index (χ0v) is 35.3. The van der Waals surface area contributed by atoms with E-state index in [0.29, 0.717) is 5.92 Å². The van der Waals surface area contributed by atoms with Crippen LogP contribution >= 0.6 is 0 Å². The number of anilines is 5. The lowest BCUT2D eigenvalue weighted by atomic mass is 9.62. The summed E-state index contributed by atoms with van der Waals surface area (Å²) in [4.78, 5) is 4.95. The molecule has 4 unspecified atom stereocenters. The Hall–Kier alpha value is -7.42. The first-order chi connectivity index (χ1) is 31.3. The van der Waals surface area contributed by atoms with Crippen LogP contribution in [0.3, 0.4) is 0 Å². The van der Waals surface area contributed by atoms with Crippen molar-refractivity contribution in [2.75, 3.05) is 9.80 Å². The molecular weight excluding hydrogens is 761 g/mol. The zero-order chi connectivity index (χ0) is 41.7. The second-order valence-corrected chi connectivity index (χ2v) is 17.4. The van der Waals surface area contributed by atoms with Crippen LogP contribution in [-0.2, 0) is 5.41 Å². The second-order valence-electron chi connectivity index (χ2n) is 17.4. The van der Waals surface area contributed by atoms with Crippen LogP contribution in [0, 0.1) is 5.92 Å². The van der Waals surface area contributed by atoms with Gasteiger partial charge >= 0.3 is 0 Å². The molecule has 0 spiro atoms. The summed E-state index contributed by atoms with van der Waals surface area (Å²) < 4.78 is 0. The first kappa shape index (κ1) is 37.4. The first-order valence-electron chi connectivity index (χ1n) is 22.6. The van der Waals surface area contributed by atoms with Gasteiger partial charge in [-0.1, -0.05) is 182 Å². The molecule has 0 amide bonds. The molecule has 0 bridgehead atoms. The standard InChI is InChI=1S/C61H48N2/c1-4-16-43(17-5-1)44-28-34-49(35-29-44)62(50-36-30-45(31-37-50)46-32-38-51(39-33-46)63-59-26-14-11-23-55(59)56-24-12-15-27-60(56)63)52-40-41-54-53-22-10-13-25-57(53)61(58(54)42-52,47-18-6-2-7-19-47)48-20-8-3-9-21-48/h2-4,6-20,22-42,48,55,59H,1,5,21H2. The molecule has 0 saturated carbocycles. The molecule has 0 saturated heterocycles. The number of nitrogens with zero attached hydrogens (tertiary/aromatic N) is 2. The quantitative estimate of drug-likeness (QED) is 0.151. The van der Waals surface area contributed by atoms with E-state index in [0.717, 1.165) is 36.3 Å². The van der Waals surface area contributed by atoms with E-state index in [2.05, 4.69) is 246 Å². The fourth-order valence-electron chi connectivity index (χ4n) is 11.3. The van der Waals surface area contributed by atoms with E-state index in [4.69, 9.17) is 0 Å². The Bertz CT molecular complexity index is 3030. The number of fused-ring (bicyclic) bond motifs is 6. The minimum Gasteiger partial charge on any atom is -0.333 e. The molecule has 1 aliphatic heterocycles. The van der Waals surface area contributed by atoms with E-state index in [-0.39, 0.29) is 17.4 Å². The molecule has 0 radical (unpaired) electrons. The van der Waals surface area contributed by atoms with Crippen LogP contribution in [0.2, 0.25) is 0 Å². The van der Waals surface area contributed by atoms with Crippen LogP contribution in [0.25, 0.3) is 27.8 Å². The highest BCUT2D eigenvalue weighted by Crippen LogP contribution is 2.59. The van der Waals surface area contributed by atoms with E-state index >= 15 is 0 Å². The fourth-order valence-corrected chi connectivity index (χ4v) is 11.3. The summed E-state index contributed by atoms with van der Waals surface area (Å²) in [6.07, 6.45) is 28.4. The SMILES string of the molecule is C1=CCC(C2(c3ccccc3)c3ccccc3-c3ccc(N(c4ccc(C5=CCCC=C5)cc4)c4ccc(-c5ccc(N6c7ccccc7C7C=CC=CC76)cc5)cc4)cc32)C=C1. The molecule has 63 heavy (non-hydrogen) atoms. The van der Waals surface area contributed by atoms with Crippen LogP contribution in [0.15, 0.2) is 237 Å². The van der Waals surface area contributed by atoms with Crippen LogP contribution in [0.5, 0.6) is 0 Å². The van der Waals surface area contributed by atoms with Gasteiger partial charge in [-0.05, 0) is 135 Å². The third-order valence-electron chi connectivity index (χ3n) is 14.1. The monoisotopic (exact) mass is 808 g/mol. The molecule has 302 valence electrons. The minimum absolute atomic E-state index is 0.260. The largest absolute Gasteiger partial charge is 0.333 e. The Kier molecular flexibility index (Phi) is 9.18. The van der Waals surface area contributed by atoms with E-state index < -0.39 is 0 Å². The molecule has 7 aromatic carbocycles. The van der Waals surface area contributed by atoms with Crippen LogP contribution in [0.4, 0.5) is 28.4 Å². The molecular formula is C61H48N2. The maximum absolute atomic E-state index is 2.50. The third kappa shape index (κ3) is 6.15. The number of hydrogen-bond donors (Lipinski definition) is 0. The Morgan fingerprint density at radius 3 is 1.94 bits per heavy atom. The molecule has 4 aliphatic carbocycles. The van der Waals surface area contributed by atoms with Gasteiger partial charge in [0.2, 0.25) is 0 Å². The summed E-state index contributed by atoms with van der Waals surface area (Å²) in [6, 6.07) is 64.2. The Balaban J connectivity index is 0.950. The van der Waals surface area contributed by atoms with Gasteiger partial charge in [0.15, 0.2) is 0 Å². The smallest absolute Gasteiger partial charge is 0.0629 e. The predicted octanol–water partition coefficient (Wildman–Crippen LogP) is 15.7. The van der Waals surface area contributed by atoms with Crippen LogP contribution in [-0.4, -0.2) is 6.04 Å². The van der Waals surface area contributed by atoms with E-state index in [1.54, 1.807) is 0 Å². The van der Waals surface area contributed by atoms with Gasteiger partial charge < -0.3 is 9.80 Å². The van der Waals surface area contributed by atoms with Crippen molar-refractivity contribution in [2.24, 2.45) is 5.92 Å². The summed E-state index contributed by atoms with van der Waals surface area (Å²) in [5.41, 5.74) is 18.6.